The van der Waals surface area contributed by atoms with Crippen LogP contribution >= 0.6 is 11.8 Å². The summed E-state index contributed by atoms with van der Waals surface area (Å²) in [6.45, 7) is 0.983. The van der Waals surface area contributed by atoms with Crippen molar-refractivity contribution in [1.82, 2.24) is 5.32 Å². The molecule has 1 heterocycles. The molecular weight excluding hydrogens is 299 g/mol. The predicted octanol–water partition coefficient (Wildman–Crippen LogP) is 4.12. The Kier molecular flexibility index (Phi) is 5.43. The number of alkyl halides is 3. The first-order chi connectivity index (χ1) is 9.95. The maximum atomic E-state index is 13.0. The van der Waals surface area contributed by atoms with Crippen molar-refractivity contribution in [2.75, 3.05) is 19.9 Å². The minimum Gasteiger partial charge on any atom is -0.496 e. The van der Waals surface area contributed by atoms with E-state index in [2.05, 4.69) is 5.32 Å². The van der Waals surface area contributed by atoms with E-state index in [1.165, 1.54) is 37.8 Å². The SMILES string of the molecule is COc1cc(CC2CCCCN2)c(SC)cc1C(F)(F)F. The van der Waals surface area contributed by atoms with Crippen molar-refractivity contribution in [1.29, 1.82) is 0 Å². The highest BCUT2D eigenvalue weighted by atomic mass is 32.2. The molecule has 1 unspecified atom stereocenters. The summed E-state index contributed by atoms with van der Waals surface area (Å²) in [6.07, 6.45) is 1.56. The number of rotatable bonds is 4. The van der Waals surface area contributed by atoms with E-state index >= 15 is 0 Å². The molecule has 0 radical (unpaired) electrons. The molecule has 6 heteroatoms. The van der Waals surface area contributed by atoms with Crippen LogP contribution in [0.3, 0.4) is 0 Å². The zero-order valence-corrected chi connectivity index (χ0v) is 13.0. The molecule has 2 rings (SSSR count). The molecule has 1 saturated heterocycles. The average Bonchev–Trinajstić information content (AvgIpc) is 2.46. The second kappa shape index (κ2) is 6.92. The Labute approximate surface area is 127 Å². The van der Waals surface area contributed by atoms with E-state index in [0.717, 1.165) is 24.9 Å². The maximum absolute atomic E-state index is 13.0. The van der Waals surface area contributed by atoms with E-state index in [1.54, 1.807) is 12.3 Å². The first kappa shape index (κ1) is 16.5. The van der Waals surface area contributed by atoms with Gasteiger partial charge in [0.2, 0.25) is 0 Å². The van der Waals surface area contributed by atoms with Gasteiger partial charge in [-0.1, -0.05) is 6.42 Å². The maximum Gasteiger partial charge on any atom is 0.420 e. The normalized spacial score (nSPS) is 19.6. The molecule has 0 aliphatic carbocycles. The van der Waals surface area contributed by atoms with Gasteiger partial charge in [0.15, 0.2) is 0 Å². The third-order valence-electron chi connectivity index (χ3n) is 3.79. The molecule has 0 spiro atoms. The molecule has 1 aliphatic heterocycles. The van der Waals surface area contributed by atoms with Crippen LogP contribution in [0.15, 0.2) is 17.0 Å². The van der Waals surface area contributed by atoms with Crippen molar-refractivity contribution in [3.05, 3.63) is 23.3 Å². The number of methoxy groups -OCH3 is 1. The van der Waals surface area contributed by atoms with E-state index in [9.17, 15) is 13.2 Å². The van der Waals surface area contributed by atoms with Gasteiger partial charge < -0.3 is 10.1 Å². The molecule has 0 aromatic heterocycles. The van der Waals surface area contributed by atoms with Crippen LogP contribution in [0.4, 0.5) is 13.2 Å². The van der Waals surface area contributed by atoms with E-state index < -0.39 is 11.7 Å². The summed E-state index contributed by atoms with van der Waals surface area (Å²) >= 11 is 1.35. The summed E-state index contributed by atoms with van der Waals surface area (Å²) in [5.41, 5.74) is 0.224. The fourth-order valence-corrected chi connectivity index (χ4v) is 3.35. The zero-order valence-electron chi connectivity index (χ0n) is 12.2. The second-order valence-electron chi connectivity index (χ2n) is 5.21. The van der Waals surface area contributed by atoms with Gasteiger partial charge in [0.1, 0.15) is 5.75 Å². The number of benzene rings is 1. The summed E-state index contributed by atoms with van der Waals surface area (Å²) in [4.78, 5) is 0.676. The lowest BCUT2D eigenvalue weighted by atomic mass is 9.96. The van der Waals surface area contributed by atoms with Crippen molar-refractivity contribution in [3.8, 4) is 5.75 Å². The largest absolute Gasteiger partial charge is 0.496 e. The molecule has 118 valence electrons. The molecule has 2 nitrogen and oxygen atoms in total. The Hall–Kier alpha value is -0.880. The van der Waals surface area contributed by atoms with Crippen molar-refractivity contribution in [3.63, 3.8) is 0 Å². The number of hydrogen-bond acceptors (Lipinski definition) is 3. The topological polar surface area (TPSA) is 21.3 Å². The lowest BCUT2D eigenvalue weighted by molar-refractivity contribution is -0.138. The number of piperidine rings is 1. The van der Waals surface area contributed by atoms with Gasteiger partial charge in [0, 0.05) is 10.9 Å². The molecule has 0 amide bonds. The van der Waals surface area contributed by atoms with Gasteiger partial charge in [0.25, 0.3) is 0 Å². The molecule has 1 fully saturated rings. The van der Waals surface area contributed by atoms with Crippen LogP contribution in [-0.4, -0.2) is 26.0 Å². The molecule has 1 atom stereocenters. The molecule has 0 bridgehead atoms. The number of ether oxygens (including phenoxy) is 1. The van der Waals surface area contributed by atoms with Gasteiger partial charge in [-0.05, 0) is 49.8 Å². The summed E-state index contributed by atoms with van der Waals surface area (Å²) < 4.78 is 44.1. The molecule has 0 saturated carbocycles. The molecular formula is C15H20F3NOS. The lowest BCUT2D eigenvalue weighted by Gasteiger charge is -2.25. The van der Waals surface area contributed by atoms with Crippen LogP contribution in [0, 0.1) is 0 Å². The van der Waals surface area contributed by atoms with E-state index in [0.29, 0.717) is 10.9 Å². The molecule has 21 heavy (non-hydrogen) atoms. The number of thioether (sulfide) groups is 1. The molecule has 1 aromatic carbocycles. The van der Waals surface area contributed by atoms with E-state index in [4.69, 9.17) is 4.74 Å². The summed E-state index contributed by atoms with van der Waals surface area (Å²) in [5.74, 6) is -0.0916. The van der Waals surface area contributed by atoms with Gasteiger partial charge in [-0.15, -0.1) is 11.8 Å². The zero-order chi connectivity index (χ0) is 15.5. The minimum absolute atomic E-state index is 0.0916. The highest BCUT2D eigenvalue weighted by Crippen LogP contribution is 2.40. The highest BCUT2D eigenvalue weighted by Gasteiger charge is 2.35. The number of hydrogen-bond donors (Lipinski definition) is 1. The first-order valence-corrected chi connectivity index (χ1v) is 8.23. The standard InChI is InChI=1S/C15H20F3NOS/c1-20-13-8-10(7-11-5-3-4-6-19-11)14(21-2)9-12(13)15(16,17)18/h8-9,11,19H,3-7H2,1-2H3. The third kappa shape index (κ3) is 4.07. The van der Waals surface area contributed by atoms with Gasteiger partial charge >= 0.3 is 6.18 Å². The van der Waals surface area contributed by atoms with Crippen LogP contribution in [0.1, 0.15) is 30.4 Å². The molecule has 1 aliphatic rings. The van der Waals surface area contributed by atoms with Crippen LogP contribution < -0.4 is 10.1 Å². The fourth-order valence-electron chi connectivity index (χ4n) is 2.71. The van der Waals surface area contributed by atoms with Crippen molar-refractivity contribution in [2.45, 2.75) is 42.8 Å². The smallest absolute Gasteiger partial charge is 0.420 e. The first-order valence-electron chi connectivity index (χ1n) is 7.01. The quantitative estimate of drug-likeness (QED) is 0.844. The molecule has 1 N–H and O–H groups in total. The predicted molar refractivity (Wildman–Crippen MR) is 79.1 cm³/mol. The van der Waals surface area contributed by atoms with Crippen molar-refractivity contribution < 1.29 is 17.9 Å². The summed E-state index contributed by atoms with van der Waals surface area (Å²) in [5, 5.41) is 3.43. The minimum atomic E-state index is -4.39. The van der Waals surface area contributed by atoms with Crippen molar-refractivity contribution >= 4 is 11.8 Å². The summed E-state index contributed by atoms with van der Waals surface area (Å²) in [7, 11) is 1.28. The third-order valence-corrected chi connectivity index (χ3v) is 4.61. The van der Waals surface area contributed by atoms with Crippen LogP contribution in [0.2, 0.25) is 0 Å². The number of nitrogens with one attached hydrogen (secondary N) is 1. The van der Waals surface area contributed by atoms with Gasteiger partial charge in [0.05, 0.1) is 12.7 Å². The Morgan fingerprint density at radius 1 is 1.33 bits per heavy atom. The Morgan fingerprint density at radius 2 is 2.10 bits per heavy atom. The van der Waals surface area contributed by atoms with Crippen LogP contribution in [0.5, 0.6) is 5.75 Å². The summed E-state index contributed by atoms with van der Waals surface area (Å²) in [6, 6.07) is 3.10. The van der Waals surface area contributed by atoms with Gasteiger partial charge in [-0.2, -0.15) is 13.2 Å². The number of halogens is 3. The molecule has 1 aromatic rings. The van der Waals surface area contributed by atoms with E-state index in [1.807, 2.05) is 0 Å². The van der Waals surface area contributed by atoms with Crippen molar-refractivity contribution in [2.24, 2.45) is 0 Å². The highest BCUT2D eigenvalue weighted by molar-refractivity contribution is 7.98. The fraction of sp³-hybridized carbons (Fsp3) is 0.600. The average molecular weight is 319 g/mol. The monoisotopic (exact) mass is 319 g/mol. The van der Waals surface area contributed by atoms with Crippen LogP contribution in [-0.2, 0) is 12.6 Å². The Balaban J connectivity index is 2.31. The van der Waals surface area contributed by atoms with Gasteiger partial charge in [-0.3, -0.25) is 0 Å². The van der Waals surface area contributed by atoms with Gasteiger partial charge in [-0.25, -0.2) is 0 Å². The second-order valence-corrected chi connectivity index (χ2v) is 6.06. The lowest BCUT2D eigenvalue weighted by Crippen LogP contribution is -2.35. The van der Waals surface area contributed by atoms with E-state index in [-0.39, 0.29) is 5.75 Å². The van der Waals surface area contributed by atoms with Crippen LogP contribution in [0.25, 0.3) is 0 Å². The Bertz CT molecular complexity index is 485. The Morgan fingerprint density at radius 3 is 2.62 bits per heavy atom.